The van der Waals surface area contributed by atoms with E-state index in [1.54, 1.807) is 0 Å². The van der Waals surface area contributed by atoms with Gasteiger partial charge in [0.2, 0.25) is 5.72 Å². The lowest BCUT2D eigenvalue weighted by Crippen LogP contribution is -2.43. The van der Waals surface area contributed by atoms with Gasteiger partial charge in [-0.15, -0.1) is 0 Å². The van der Waals surface area contributed by atoms with Crippen LogP contribution in [0.4, 0.5) is 10.2 Å². The van der Waals surface area contributed by atoms with Crippen molar-refractivity contribution < 1.29 is 19.3 Å². The topological polar surface area (TPSA) is 145 Å². The molecule has 4 atom stereocenters. The quantitative estimate of drug-likeness (QED) is 0.402. The van der Waals surface area contributed by atoms with E-state index >= 15 is 0 Å². The molecule has 23 heavy (non-hydrogen) atoms. The van der Waals surface area contributed by atoms with Crippen molar-refractivity contribution >= 4 is 5.82 Å². The first kappa shape index (κ1) is 17.2. The van der Waals surface area contributed by atoms with E-state index in [4.69, 9.17) is 10.3 Å². The maximum atomic E-state index is 14.3. The number of rotatable bonds is 5. The van der Waals surface area contributed by atoms with Crippen molar-refractivity contribution in [3.05, 3.63) is 33.2 Å². The predicted octanol–water partition coefficient (Wildman–Crippen LogP) is 0.290. The highest BCUT2D eigenvalue weighted by Crippen LogP contribution is 2.39. The van der Waals surface area contributed by atoms with E-state index in [1.165, 1.54) is 12.3 Å². The highest BCUT2D eigenvalue weighted by molar-refractivity contribution is 5.32. The lowest BCUT2D eigenvalue weighted by molar-refractivity contribution is -0.124. The number of halogens is 1. The Hall–Kier alpha value is -2.20. The lowest BCUT2D eigenvalue weighted by Gasteiger charge is -2.23. The van der Waals surface area contributed by atoms with Gasteiger partial charge in [-0.2, -0.15) is 4.98 Å². The molecule has 10 nitrogen and oxygen atoms in total. The second-order valence-electron chi connectivity index (χ2n) is 5.39. The molecular formula is C12H17FN6O4. The van der Waals surface area contributed by atoms with Crippen LogP contribution in [0.3, 0.4) is 0 Å². The van der Waals surface area contributed by atoms with Crippen molar-refractivity contribution in [3.63, 3.8) is 0 Å². The van der Waals surface area contributed by atoms with Crippen LogP contribution in [0.2, 0.25) is 0 Å². The minimum atomic E-state index is -2.19. The third kappa shape index (κ3) is 3.13. The van der Waals surface area contributed by atoms with Gasteiger partial charge in [-0.3, -0.25) is 4.57 Å². The summed E-state index contributed by atoms with van der Waals surface area (Å²) < 4.78 is 20.3. The van der Waals surface area contributed by atoms with E-state index in [-0.39, 0.29) is 6.04 Å². The molecule has 0 bridgehead atoms. The molecular weight excluding hydrogens is 311 g/mol. The highest BCUT2D eigenvalue weighted by Gasteiger charge is 2.56. The number of ether oxygens (including phenoxy) is 1. The number of nitrogens with one attached hydrogen (secondary N) is 1. The Bertz CT molecular complexity index is 676. The molecule has 1 saturated heterocycles. The number of aliphatic hydroxyl groups excluding tert-OH is 2. The number of nitrogens with zero attached hydrogens (tertiary/aromatic N) is 5. The number of azide groups is 1. The summed E-state index contributed by atoms with van der Waals surface area (Å²) in [6.45, 7) is 2.78. The third-order valence-electron chi connectivity index (χ3n) is 3.34. The van der Waals surface area contributed by atoms with Crippen molar-refractivity contribution in [1.29, 1.82) is 0 Å². The van der Waals surface area contributed by atoms with Crippen molar-refractivity contribution in [3.8, 4) is 0 Å². The molecule has 11 heteroatoms. The molecule has 2 rings (SSSR count). The summed E-state index contributed by atoms with van der Waals surface area (Å²) >= 11 is 0. The molecule has 0 aromatic carbocycles. The van der Waals surface area contributed by atoms with E-state index in [9.17, 15) is 19.4 Å². The summed E-state index contributed by atoms with van der Waals surface area (Å²) in [4.78, 5) is 18.2. The van der Waals surface area contributed by atoms with E-state index in [0.29, 0.717) is 5.82 Å². The molecule has 0 amide bonds. The van der Waals surface area contributed by atoms with Crippen molar-refractivity contribution in [2.75, 3.05) is 11.9 Å². The predicted molar refractivity (Wildman–Crippen MR) is 77.2 cm³/mol. The van der Waals surface area contributed by atoms with E-state index in [1.807, 2.05) is 13.8 Å². The Balaban J connectivity index is 2.36. The molecule has 3 N–H and O–H groups in total. The summed E-state index contributed by atoms with van der Waals surface area (Å²) in [5.41, 5.74) is 5.50. The van der Waals surface area contributed by atoms with Crippen LogP contribution in [0.1, 0.15) is 20.1 Å². The molecule has 1 aromatic heterocycles. The zero-order valence-electron chi connectivity index (χ0n) is 12.5. The standard InChI is InChI=1S/C12H17FN6O4/c1-6(2)15-7-3-4-19(11(22)16-7)10-8(13)9(21)12(5-20,23-10)17-18-14/h3-4,6,8-10,20-21H,5H2,1-2H3,(H,15,16,22)/t8-,9-,10+,12?/m0/s1. The third-order valence-corrected chi connectivity index (χ3v) is 3.34. The fourth-order valence-electron chi connectivity index (χ4n) is 2.26. The highest BCUT2D eigenvalue weighted by atomic mass is 19.1. The fourth-order valence-corrected chi connectivity index (χ4v) is 2.26. The van der Waals surface area contributed by atoms with Crippen molar-refractivity contribution in [2.45, 2.75) is 44.1 Å². The van der Waals surface area contributed by atoms with Crippen LogP contribution in [-0.2, 0) is 4.74 Å². The maximum absolute atomic E-state index is 14.3. The largest absolute Gasteiger partial charge is 0.393 e. The summed E-state index contributed by atoms with van der Waals surface area (Å²) in [6, 6.07) is 1.49. The minimum Gasteiger partial charge on any atom is -0.393 e. The lowest BCUT2D eigenvalue weighted by atomic mass is 10.1. The summed E-state index contributed by atoms with van der Waals surface area (Å²) in [5, 5.41) is 25.2. The second-order valence-corrected chi connectivity index (χ2v) is 5.39. The van der Waals surface area contributed by atoms with Gasteiger partial charge in [0, 0.05) is 17.2 Å². The molecule has 0 aliphatic carbocycles. The van der Waals surface area contributed by atoms with Gasteiger partial charge >= 0.3 is 5.69 Å². The van der Waals surface area contributed by atoms with Gasteiger partial charge in [-0.1, -0.05) is 5.11 Å². The first-order chi connectivity index (χ1) is 10.8. The number of aliphatic hydroxyl groups is 2. The van der Waals surface area contributed by atoms with Crippen LogP contribution in [0.15, 0.2) is 22.2 Å². The normalized spacial score (nSPS) is 30.3. The second kappa shape index (κ2) is 6.50. The number of aromatic nitrogens is 2. The van der Waals surface area contributed by atoms with Crippen LogP contribution in [0, 0.1) is 0 Å². The molecule has 0 radical (unpaired) electrons. The zero-order chi connectivity index (χ0) is 17.2. The van der Waals surface area contributed by atoms with Gasteiger partial charge in [-0.25, -0.2) is 9.18 Å². The molecule has 1 fully saturated rings. The Morgan fingerprint density at radius 2 is 2.39 bits per heavy atom. The summed E-state index contributed by atoms with van der Waals surface area (Å²) in [5.74, 6) is 0.304. The van der Waals surface area contributed by atoms with E-state index in [0.717, 1.165) is 4.57 Å². The Labute approximate surface area is 130 Å². The van der Waals surface area contributed by atoms with Crippen LogP contribution < -0.4 is 11.0 Å². The molecule has 126 valence electrons. The van der Waals surface area contributed by atoms with Gasteiger partial charge in [0.15, 0.2) is 12.4 Å². The number of hydrogen-bond donors (Lipinski definition) is 3. The Morgan fingerprint density at radius 1 is 1.70 bits per heavy atom. The first-order valence-corrected chi connectivity index (χ1v) is 6.87. The molecule has 1 unspecified atom stereocenters. The number of anilines is 1. The van der Waals surface area contributed by atoms with Gasteiger partial charge in [-0.05, 0) is 25.4 Å². The van der Waals surface area contributed by atoms with Crippen LogP contribution >= 0.6 is 0 Å². The first-order valence-electron chi connectivity index (χ1n) is 6.87. The van der Waals surface area contributed by atoms with Crippen LogP contribution in [0.5, 0.6) is 0 Å². The minimum absolute atomic E-state index is 0.0447. The number of hydrogen-bond acceptors (Lipinski definition) is 7. The number of alkyl halides is 1. The summed E-state index contributed by atoms with van der Waals surface area (Å²) in [6.07, 6.45) is -4.34. The zero-order valence-corrected chi connectivity index (χ0v) is 12.5. The fraction of sp³-hybridized carbons (Fsp3) is 0.667. The molecule has 1 aromatic rings. The maximum Gasteiger partial charge on any atom is 0.351 e. The summed E-state index contributed by atoms with van der Waals surface area (Å²) in [7, 11) is 0. The molecule has 0 saturated carbocycles. The smallest absolute Gasteiger partial charge is 0.351 e. The molecule has 2 heterocycles. The van der Waals surface area contributed by atoms with Crippen LogP contribution in [0.25, 0.3) is 10.4 Å². The molecule has 0 spiro atoms. The van der Waals surface area contributed by atoms with E-state index in [2.05, 4.69) is 20.3 Å². The molecule has 1 aliphatic rings. The van der Waals surface area contributed by atoms with Crippen molar-refractivity contribution in [2.24, 2.45) is 5.11 Å². The molecule has 1 aliphatic heterocycles. The van der Waals surface area contributed by atoms with Gasteiger partial charge in [0.1, 0.15) is 11.9 Å². The van der Waals surface area contributed by atoms with Gasteiger partial charge < -0.3 is 20.3 Å². The average Bonchev–Trinajstić information content (AvgIpc) is 2.73. The van der Waals surface area contributed by atoms with E-state index < -0.39 is 36.5 Å². The SMILES string of the molecule is CC(C)Nc1ccn([C@@H]2OC(CO)(N=[N+]=[N-])[C@@H](O)[C@@H]2F)c(=O)n1. The Kier molecular flexibility index (Phi) is 4.85. The van der Waals surface area contributed by atoms with Crippen LogP contribution in [-0.4, -0.2) is 50.4 Å². The van der Waals surface area contributed by atoms with Gasteiger partial charge in [0.25, 0.3) is 0 Å². The average molecular weight is 328 g/mol. The van der Waals surface area contributed by atoms with Crippen molar-refractivity contribution in [1.82, 2.24) is 9.55 Å². The monoisotopic (exact) mass is 328 g/mol. The Morgan fingerprint density at radius 3 is 2.91 bits per heavy atom. The van der Waals surface area contributed by atoms with Gasteiger partial charge in [0.05, 0.1) is 6.61 Å².